The van der Waals surface area contributed by atoms with Crippen LogP contribution in [0.5, 0.6) is 11.5 Å². The average Bonchev–Trinajstić information content (AvgIpc) is 3.03. The van der Waals surface area contributed by atoms with Crippen molar-refractivity contribution in [3.05, 3.63) is 94.5 Å². The predicted molar refractivity (Wildman–Crippen MR) is 164 cm³/mol. The molecule has 3 aromatic rings. The molecule has 43 heavy (non-hydrogen) atoms. The van der Waals surface area contributed by atoms with Crippen molar-refractivity contribution < 1.29 is 19.1 Å². The highest BCUT2D eigenvalue weighted by atomic mass is 16.5. The van der Waals surface area contributed by atoms with Crippen LogP contribution in [0.4, 0.5) is 0 Å². The van der Waals surface area contributed by atoms with Crippen molar-refractivity contribution in [1.82, 2.24) is 15.5 Å². The van der Waals surface area contributed by atoms with Gasteiger partial charge in [-0.25, -0.2) is 0 Å². The number of amides is 2. The van der Waals surface area contributed by atoms with E-state index in [2.05, 4.69) is 21.6 Å². The Hall–Kier alpha value is -4.35. The van der Waals surface area contributed by atoms with Crippen LogP contribution in [0.2, 0.25) is 0 Å². The molecular formula is C35H40N4O4. The summed E-state index contributed by atoms with van der Waals surface area (Å²) in [4.78, 5) is 28.7. The van der Waals surface area contributed by atoms with Gasteiger partial charge in [-0.2, -0.15) is 5.26 Å². The lowest BCUT2D eigenvalue weighted by Crippen LogP contribution is -2.53. The quantitative estimate of drug-likeness (QED) is 0.323. The van der Waals surface area contributed by atoms with E-state index in [1.165, 1.54) is 5.56 Å². The standard InChI is InChI=1S/C35H40N4O4/c1-42-31-13-10-28(20-32(31)43-2)23-37-33(40)29-11-8-26(9-12-29)22-38-34(41)35(16-3-17-35)30-14-18-39(19-15-30)24-27-6-4-25(21-36)5-7-27/h4-13,20,30H,3,14-19,22-24H2,1-2H3,(H,37,40)(H,38,41). The number of methoxy groups -OCH3 is 2. The first-order chi connectivity index (χ1) is 20.9. The summed E-state index contributed by atoms with van der Waals surface area (Å²) in [5.41, 5.74) is 4.09. The van der Waals surface area contributed by atoms with E-state index in [4.69, 9.17) is 14.7 Å². The zero-order valence-corrected chi connectivity index (χ0v) is 25.0. The molecule has 2 N–H and O–H groups in total. The highest BCUT2D eigenvalue weighted by Gasteiger charge is 2.50. The van der Waals surface area contributed by atoms with Gasteiger partial charge in [0.2, 0.25) is 5.91 Å². The Labute approximate surface area is 254 Å². The first-order valence-corrected chi connectivity index (χ1v) is 15.0. The molecule has 0 bridgehead atoms. The molecule has 1 aliphatic heterocycles. The van der Waals surface area contributed by atoms with Crippen molar-refractivity contribution in [3.63, 3.8) is 0 Å². The number of hydrogen-bond acceptors (Lipinski definition) is 6. The van der Waals surface area contributed by atoms with Gasteiger partial charge in [-0.1, -0.05) is 36.8 Å². The summed E-state index contributed by atoms with van der Waals surface area (Å²) < 4.78 is 10.6. The van der Waals surface area contributed by atoms with Crippen molar-refractivity contribution in [2.75, 3.05) is 27.3 Å². The monoisotopic (exact) mass is 580 g/mol. The Morgan fingerprint density at radius 3 is 2.09 bits per heavy atom. The Kier molecular flexibility index (Phi) is 9.63. The van der Waals surface area contributed by atoms with Gasteiger partial charge in [0.15, 0.2) is 11.5 Å². The Bertz CT molecular complexity index is 1450. The molecule has 224 valence electrons. The molecule has 0 unspecified atom stereocenters. The van der Waals surface area contributed by atoms with Crippen LogP contribution >= 0.6 is 0 Å². The summed E-state index contributed by atoms with van der Waals surface area (Å²) >= 11 is 0. The summed E-state index contributed by atoms with van der Waals surface area (Å²) in [5.74, 6) is 1.67. The molecule has 1 saturated heterocycles. The maximum atomic E-state index is 13.5. The van der Waals surface area contributed by atoms with Crippen LogP contribution in [0.1, 0.15) is 64.7 Å². The van der Waals surface area contributed by atoms with Crippen molar-refractivity contribution in [1.29, 1.82) is 5.26 Å². The molecule has 0 radical (unpaired) electrons. The minimum absolute atomic E-state index is 0.163. The fourth-order valence-corrected chi connectivity index (χ4v) is 6.37. The van der Waals surface area contributed by atoms with Crippen LogP contribution in [-0.2, 0) is 24.4 Å². The summed E-state index contributed by atoms with van der Waals surface area (Å²) in [5, 5.41) is 15.2. The smallest absolute Gasteiger partial charge is 0.251 e. The number of likely N-dealkylation sites (tertiary alicyclic amines) is 1. The Balaban J connectivity index is 1.09. The number of rotatable bonds is 11. The van der Waals surface area contributed by atoms with Gasteiger partial charge >= 0.3 is 0 Å². The molecule has 0 aromatic heterocycles. The SMILES string of the molecule is COc1ccc(CNC(=O)c2ccc(CNC(=O)C3(C4CCN(Cc5ccc(C#N)cc5)CC4)CCC3)cc2)cc1OC. The number of nitrogens with one attached hydrogen (secondary N) is 2. The lowest BCUT2D eigenvalue weighted by Gasteiger charge is -2.49. The number of ether oxygens (including phenoxy) is 2. The van der Waals surface area contributed by atoms with Gasteiger partial charge in [-0.05, 0) is 97.8 Å². The average molecular weight is 581 g/mol. The third-order valence-corrected chi connectivity index (χ3v) is 9.13. The number of piperidine rings is 1. The first-order valence-electron chi connectivity index (χ1n) is 15.0. The molecule has 2 fully saturated rings. The van der Waals surface area contributed by atoms with Crippen molar-refractivity contribution >= 4 is 11.8 Å². The van der Waals surface area contributed by atoms with Crippen LogP contribution in [0.3, 0.4) is 0 Å². The van der Waals surface area contributed by atoms with Crippen molar-refractivity contribution in [3.8, 4) is 17.6 Å². The zero-order valence-electron chi connectivity index (χ0n) is 25.0. The molecule has 2 aliphatic rings. The second-order valence-electron chi connectivity index (χ2n) is 11.6. The molecule has 1 heterocycles. The molecule has 1 aliphatic carbocycles. The second kappa shape index (κ2) is 13.7. The van der Waals surface area contributed by atoms with Gasteiger partial charge in [0.05, 0.1) is 31.3 Å². The maximum Gasteiger partial charge on any atom is 0.251 e. The molecular weight excluding hydrogens is 540 g/mol. The van der Waals surface area contributed by atoms with Crippen molar-refractivity contribution in [2.24, 2.45) is 11.3 Å². The van der Waals surface area contributed by atoms with Gasteiger partial charge in [-0.3, -0.25) is 14.5 Å². The van der Waals surface area contributed by atoms with Gasteiger partial charge in [-0.15, -0.1) is 0 Å². The molecule has 1 saturated carbocycles. The summed E-state index contributed by atoms with van der Waals surface area (Å²) in [6.07, 6.45) is 5.07. The minimum atomic E-state index is -0.259. The molecule has 8 heteroatoms. The molecule has 0 spiro atoms. The number of hydrogen-bond donors (Lipinski definition) is 2. The second-order valence-corrected chi connectivity index (χ2v) is 11.6. The fourth-order valence-electron chi connectivity index (χ4n) is 6.37. The summed E-state index contributed by atoms with van der Waals surface area (Å²) in [7, 11) is 3.17. The normalized spacial score (nSPS) is 16.4. The zero-order chi connectivity index (χ0) is 30.2. The van der Waals surface area contributed by atoms with Gasteiger partial charge in [0.1, 0.15) is 0 Å². The number of carbonyl (C=O) groups is 2. The molecule has 0 atom stereocenters. The highest BCUT2D eigenvalue weighted by Crippen LogP contribution is 2.51. The lowest BCUT2D eigenvalue weighted by atomic mass is 9.58. The maximum absolute atomic E-state index is 13.5. The third kappa shape index (κ3) is 7.00. The Morgan fingerprint density at radius 2 is 1.49 bits per heavy atom. The number of carbonyl (C=O) groups excluding carboxylic acids is 2. The summed E-state index contributed by atoms with van der Waals surface area (Å²) in [6, 6.07) is 23.0. The van der Waals surface area contributed by atoms with Gasteiger partial charge < -0.3 is 20.1 Å². The third-order valence-electron chi connectivity index (χ3n) is 9.13. The largest absolute Gasteiger partial charge is 0.493 e. The fraction of sp³-hybridized carbons (Fsp3) is 0.400. The minimum Gasteiger partial charge on any atom is -0.493 e. The van der Waals surface area contributed by atoms with Crippen LogP contribution in [-0.4, -0.2) is 44.0 Å². The first kappa shape index (κ1) is 30.1. The van der Waals surface area contributed by atoms with E-state index >= 15 is 0 Å². The van der Waals surface area contributed by atoms with Crippen molar-refractivity contribution in [2.45, 2.75) is 51.7 Å². The van der Waals surface area contributed by atoms with Gasteiger partial charge in [0.25, 0.3) is 5.91 Å². The van der Waals surface area contributed by atoms with Crippen LogP contribution in [0.15, 0.2) is 66.7 Å². The van der Waals surface area contributed by atoms with Crippen LogP contribution in [0.25, 0.3) is 0 Å². The topological polar surface area (TPSA) is 104 Å². The Morgan fingerprint density at radius 1 is 0.860 bits per heavy atom. The molecule has 5 rings (SSSR count). The van der Waals surface area contributed by atoms with E-state index in [9.17, 15) is 9.59 Å². The van der Waals surface area contributed by atoms with E-state index in [-0.39, 0.29) is 17.2 Å². The van der Waals surface area contributed by atoms with Crippen LogP contribution in [0, 0.1) is 22.7 Å². The van der Waals surface area contributed by atoms with E-state index in [0.29, 0.717) is 41.6 Å². The van der Waals surface area contributed by atoms with E-state index in [1.807, 2.05) is 54.6 Å². The summed E-state index contributed by atoms with van der Waals surface area (Å²) in [6.45, 7) is 3.66. The van der Waals surface area contributed by atoms with Crippen LogP contribution < -0.4 is 20.1 Å². The lowest BCUT2D eigenvalue weighted by molar-refractivity contribution is -0.143. The van der Waals surface area contributed by atoms with E-state index < -0.39 is 0 Å². The van der Waals surface area contributed by atoms with E-state index in [0.717, 1.165) is 62.9 Å². The molecule has 2 amide bonds. The van der Waals surface area contributed by atoms with Gasteiger partial charge in [0, 0.05) is 25.2 Å². The molecule has 8 nitrogen and oxygen atoms in total. The van der Waals surface area contributed by atoms with E-state index in [1.54, 1.807) is 26.4 Å². The number of nitriles is 1. The molecule has 3 aromatic carbocycles. The number of benzene rings is 3. The highest BCUT2D eigenvalue weighted by molar-refractivity contribution is 5.94. The predicted octanol–water partition coefficient (Wildman–Crippen LogP) is 5.20. The number of nitrogens with zero attached hydrogens (tertiary/aromatic N) is 2.